The van der Waals surface area contributed by atoms with Crippen LogP contribution < -0.4 is 10.6 Å². The van der Waals surface area contributed by atoms with Crippen LogP contribution in [0.4, 0.5) is 5.69 Å². The molecular formula is C14H21ClN2. The first-order valence-corrected chi connectivity index (χ1v) is 6.85. The van der Waals surface area contributed by atoms with Crippen LogP contribution in [-0.4, -0.2) is 13.1 Å². The first-order chi connectivity index (χ1) is 8.24. The van der Waals surface area contributed by atoms with Gasteiger partial charge in [0.15, 0.2) is 0 Å². The molecule has 1 heterocycles. The molecule has 0 unspecified atom stereocenters. The van der Waals surface area contributed by atoms with E-state index in [4.69, 9.17) is 17.3 Å². The third-order valence-corrected chi connectivity index (χ3v) is 4.03. The molecule has 2 N–H and O–H groups in total. The van der Waals surface area contributed by atoms with Gasteiger partial charge >= 0.3 is 0 Å². The lowest BCUT2D eigenvalue weighted by atomic mass is 9.94. The predicted molar refractivity (Wildman–Crippen MR) is 74.6 cm³/mol. The fourth-order valence-electron chi connectivity index (χ4n) is 2.61. The van der Waals surface area contributed by atoms with Gasteiger partial charge in [0.05, 0.1) is 0 Å². The van der Waals surface area contributed by atoms with Crippen molar-refractivity contribution in [1.29, 1.82) is 0 Å². The maximum Gasteiger partial charge on any atom is 0.0412 e. The number of anilines is 1. The molecular weight excluding hydrogens is 232 g/mol. The van der Waals surface area contributed by atoms with Gasteiger partial charge in [-0.2, -0.15) is 0 Å². The third kappa shape index (κ3) is 2.93. The second-order valence-corrected chi connectivity index (χ2v) is 5.25. The van der Waals surface area contributed by atoms with Gasteiger partial charge in [-0.15, -0.1) is 0 Å². The van der Waals surface area contributed by atoms with E-state index in [1.54, 1.807) is 0 Å². The summed E-state index contributed by atoms with van der Waals surface area (Å²) < 4.78 is 0. The monoisotopic (exact) mass is 252 g/mol. The standard InChI is InChI=1S/C14H21ClN2/c1-2-11-5-7-17(8-6-11)14-4-3-13(15)9-12(14)10-16/h3-4,9,11H,2,5-8,10,16H2,1H3. The smallest absolute Gasteiger partial charge is 0.0412 e. The Morgan fingerprint density at radius 2 is 2.06 bits per heavy atom. The molecule has 1 aromatic rings. The molecule has 2 rings (SSSR count). The van der Waals surface area contributed by atoms with Crippen LogP contribution in [0.15, 0.2) is 18.2 Å². The van der Waals surface area contributed by atoms with Gasteiger partial charge in [0, 0.05) is 30.3 Å². The van der Waals surface area contributed by atoms with Crippen molar-refractivity contribution in [2.45, 2.75) is 32.7 Å². The SMILES string of the molecule is CCC1CCN(c2ccc(Cl)cc2CN)CC1. The Bertz CT molecular complexity index is 370. The number of halogens is 1. The van der Waals surface area contributed by atoms with E-state index in [0.29, 0.717) is 6.54 Å². The lowest BCUT2D eigenvalue weighted by molar-refractivity contribution is 0.395. The normalized spacial score (nSPS) is 17.5. The van der Waals surface area contributed by atoms with Crippen molar-refractivity contribution < 1.29 is 0 Å². The van der Waals surface area contributed by atoms with Gasteiger partial charge in [0.1, 0.15) is 0 Å². The molecule has 1 saturated heterocycles. The van der Waals surface area contributed by atoms with Crippen molar-refractivity contribution in [2.75, 3.05) is 18.0 Å². The summed E-state index contributed by atoms with van der Waals surface area (Å²) in [7, 11) is 0. The number of nitrogens with zero attached hydrogens (tertiary/aromatic N) is 1. The molecule has 0 spiro atoms. The minimum Gasteiger partial charge on any atom is -0.371 e. The molecule has 3 heteroatoms. The van der Waals surface area contributed by atoms with Crippen molar-refractivity contribution in [3.05, 3.63) is 28.8 Å². The average molecular weight is 253 g/mol. The summed E-state index contributed by atoms with van der Waals surface area (Å²) in [6.07, 6.45) is 3.89. The van der Waals surface area contributed by atoms with E-state index in [9.17, 15) is 0 Å². The van der Waals surface area contributed by atoms with E-state index in [1.807, 2.05) is 12.1 Å². The Morgan fingerprint density at radius 3 is 2.65 bits per heavy atom. The van der Waals surface area contributed by atoms with Crippen LogP contribution in [0.1, 0.15) is 31.7 Å². The molecule has 1 aromatic carbocycles. The quantitative estimate of drug-likeness (QED) is 0.893. The van der Waals surface area contributed by atoms with Crippen LogP contribution in [0.25, 0.3) is 0 Å². The summed E-state index contributed by atoms with van der Waals surface area (Å²) in [5.74, 6) is 0.903. The number of hydrogen-bond donors (Lipinski definition) is 1. The third-order valence-electron chi connectivity index (χ3n) is 3.79. The highest BCUT2D eigenvalue weighted by molar-refractivity contribution is 6.30. The van der Waals surface area contributed by atoms with Crippen LogP contribution in [0.5, 0.6) is 0 Å². The van der Waals surface area contributed by atoms with Crippen molar-refractivity contribution in [3.8, 4) is 0 Å². The first-order valence-electron chi connectivity index (χ1n) is 6.48. The van der Waals surface area contributed by atoms with Crippen LogP contribution in [-0.2, 0) is 6.54 Å². The summed E-state index contributed by atoms with van der Waals surface area (Å²) in [5.41, 5.74) is 8.22. The molecule has 1 fully saturated rings. The van der Waals surface area contributed by atoms with Gasteiger partial charge in [0.2, 0.25) is 0 Å². The van der Waals surface area contributed by atoms with Gasteiger partial charge in [-0.1, -0.05) is 24.9 Å². The molecule has 1 aliphatic rings. The molecule has 1 aliphatic heterocycles. The Labute approximate surface area is 109 Å². The van der Waals surface area contributed by atoms with Gasteiger partial charge in [-0.05, 0) is 42.5 Å². The first kappa shape index (κ1) is 12.7. The molecule has 0 aromatic heterocycles. The zero-order chi connectivity index (χ0) is 12.3. The molecule has 0 aliphatic carbocycles. The second-order valence-electron chi connectivity index (χ2n) is 4.82. The second kappa shape index (κ2) is 5.74. The number of nitrogens with two attached hydrogens (primary N) is 1. The number of piperidine rings is 1. The molecule has 94 valence electrons. The van der Waals surface area contributed by atoms with Gasteiger partial charge in [-0.3, -0.25) is 0 Å². The summed E-state index contributed by atoms with van der Waals surface area (Å²) >= 11 is 6.01. The molecule has 17 heavy (non-hydrogen) atoms. The number of hydrogen-bond acceptors (Lipinski definition) is 2. The van der Waals surface area contributed by atoms with Crippen LogP contribution in [0.2, 0.25) is 5.02 Å². The van der Waals surface area contributed by atoms with E-state index >= 15 is 0 Å². The maximum absolute atomic E-state index is 6.01. The van der Waals surface area contributed by atoms with Crippen molar-refractivity contribution in [2.24, 2.45) is 11.7 Å². The molecule has 0 radical (unpaired) electrons. The average Bonchev–Trinajstić information content (AvgIpc) is 2.39. The predicted octanol–water partition coefficient (Wildman–Crippen LogP) is 3.43. The fourth-order valence-corrected chi connectivity index (χ4v) is 2.80. The van der Waals surface area contributed by atoms with E-state index in [-0.39, 0.29) is 0 Å². The van der Waals surface area contributed by atoms with Gasteiger partial charge in [-0.25, -0.2) is 0 Å². The van der Waals surface area contributed by atoms with Gasteiger partial charge in [0.25, 0.3) is 0 Å². The minimum absolute atomic E-state index is 0.559. The van der Waals surface area contributed by atoms with Crippen LogP contribution >= 0.6 is 11.6 Å². The largest absolute Gasteiger partial charge is 0.371 e. The topological polar surface area (TPSA) is 29.3 Å². The van der Waals surface area contributed by atoms with Crippen molar-refractivity contribution in [1.82, 2.24) is 0 Å². The Balaban J connectivity index is 2.12. The lowest BCUT2D eigenvalue weighted by Crippen LogP contribution is -2.34. The van der Waals surface area contributed by atoms with E-state index in [1.165, 1.54) is 24.9 Å². The highest BCUT2D eigenvalue weighted by Crippen LogP contribution is 2.29. The zero-order valence-corrected chi connectivity index (χ0v) is 11.2. The summed E-state index contributed by atoms with van der Waals surface area (Å²) in [5, 5.41) is 0.776. The Morgan fingerprint density at radius 1 is 1.35 bits per heavy atom. The van der Waals surface area contributed by atoms with E-state index in [2.05, 4.69) is 17.9 Å². The molecule has 0 saturated carbocycles. The van der Waals surface area contributed by atoms with E-state index < -0.39 is 0 Å². The number of rotatable bonds is 3. The maximum atomic E-state index is 6.01. The zero-order valence-electron chi connectivity index (χ0n) is 10.5. The highest BCUT2D eigenvalue weighted by atomic mass is 35.5. The minimum atomic E-state index is 0.559. The van der Waals surface area contributed by atoms with Crippen molar-refractivity contribution in [3.63, 3.8) is 0 Å². The highest BCUT2D eigenvalue weighted by Gasteiger charge is 2.19. The molecule has 2 nitrogen and oxygen atoms in total. The van der Waals surface area contributed by atoms with Crippen LogP contribution in [0.3, 0.4) is 0 Å². The van der Waals surface area contributed by atoms with Crippen molar-refractivity contribution >= 4 is 17.3 Å². The molecule has 0 atom stereocenters. The summed E-state index contributed by atoms with van der Waals surface area (Å²) in [6.45, 7) is 5.14. The number of benzene rings is 1. The summed E-state index contributed by atoms with van der Waals surface area (Å²) in [6, 6.07) is 6.06. The summed E-state index contributed by atoms with van der Waals surface area (Å²) in [4.78, 5) is 2.45. The molecule has 0 bridgehead atoms. The fraction of sp³-hybridized carbons (Fsp3) is 0.571. The Hall–Kier alpha value is -0.730. The van der Waals surface area contributed by atoms with Gasteiger partial charge < -0.3 is 10.6 Å². The molecule has 0 amide bonds. The Kier molecular flexibility index (Phi) is 4.30. The van der Waals surface area contributed by atoms with E-state index in [0.717, 1.165) is 29.6 Å². The van der Waals surface area contributed by atoms with Crippen LogP contribution in [0, 0.1) is 5.92 Å². The lowest BCUT2D eigenvalue weighted by Gasteiger charge is -2.34.